The summed E-state index contributed by atoms with van der Waals surface area (Å²) in [6.07, 6.45) is 4.73. The fraction of sp³-hybridized carbons (Fsp3) is 0.364. The first-order valence-electron chi connectivity index (χ1n) is 4.29. The lowest BCUT2D eigenvalue weighted by atomic mass is 10.1. The van der Waals surface area contributed by atoms with Gasteiger partial charge >= 0.3 is 0 Å². The van der Waals surface area contributed by atoms with E-state index < -0.39 is 0 Å². The molecule has 1 heterocycles. The molecule has 0 bridgehead atoms. The SMILES string of the molecule is C=Cc1ccc(CC(C)C)nc1. The van der Waals surface area contributed by atoms with Crippen molar-refractivity contribution in [2.24, 2.45) is 5.92 Å². The Labute approximate surface area is 74.2 Å². The zero-order chi connectivity index (χ0) is 8.97. The van der Waals surface area contributed by atoms with Crippen molar-refractivity contribution in [2.75, 3.05) is 0 Å². The second-order valence-electron chi connectivity index (χ2n) is 3.38. The lowest BCUT2D eigenvalue weighted by Gasteiger charge is -2.03. The van der Waals surface area contributed by atoms with Crippen molar-refractivity contribution in [3.05, 3.63) is 36.2 Å². The maximum atomic E-state index is 4.32. The maximum absolute atomic E-state index is 4.32. The number of nitrogens with zero attached hydrogens (tertiary/aromatic N) is 1. The molecule has 0 fully saturated rings. The predicted molar refractivity (Wildman–Crippen MR) is 52.9 cm³/mol. The van der Waals surface area contributed by atoms with Crippen molar-refractivity contribution < 1.29 is 0 Å². The van der Waals surface area contributed by atoms with Crippen LogP contribution in [0.25, 0.3) is 6.08 Å². The molecule has 1 nitrogen and oxygen atoms in total. The molecule has 0 aliphatic carbocycles. The summed E-state index contributed by atoms with van der Waals surface area (Å²) in [5.74, 6) is 0.673. The molecule has 12 heavy (non-hydrogen) atoms. The van der Waals surface area contributed by atoms with Crippen molar-refractivity contribution in [3.63, 3.8) is 0 Å². The highest BCUT2D eigenvalue weighted by Crippen LogP contribution is 2.06. The Morgan fingerprint density at radius 2 is 2.25 bits per heavy atom. The second kappa shape index (κ2) is 4.05. The molecule has 1 aromatic heterocycles. The topological polar surface area (TPSA) is 12.9 Å². The molecule has 1 rings (SSSR count). The largest absolute Gasteiger partial charge is 0.261 e. The first-order chi connectivity index (χ1) is 5.72. The van der Waals surface area contributed by atoms with Crippen LogP contribution in [0.2, 0.25) is 0 Å². The summed E-state index contributed by atoms with van der Waals surface area (Å²) in [7, 11) is 0. The normalized spacial score (nSPS) is 10.2. The van der Waals surface area contributed by atoms with E-state index in [0.29, 0.717) is 5.92 Å². The van der Waals surface area contributed by atoms with Gasteiger partial charge in [-0.25, -0.2) is 0 Å². The number of hydrogen-bond acceptors (Lipinski definition) is 1. The third kappa shape index (κ3) is 2.50. The van der Waals surface area contributed by atoms with Crippen LogP contribution in [0.3, 0.4) is 0 Å². The van der Waals surface area contributed by atoms with E-state index in [1.165, 1.54) is 0 Å². The van der Waals surface area contributed by atoms with Crippen molar-refractivity contribution in [1.29, 1.82) is 0 Å². The van der Waals surface area contributed by atoms with Gasteiger partial charge in [-0.05, 0) is 24.0 Å². The van der Waals surface area contributed by atoms with Crippen LogP contribution in [-0.4, -0.2) is 4.98 Å². The summed E-state index contributed by atoms with van der Waals surface area (Å²) in [6.45, 7) is 8.08. The Balaban J connectivity index is 2.71. The average Bonchev–Trinajstić information content (AvgIpc) is 2.05. The Bertz CT molecular complexity index is 246. The maximum Gasteiger partial charge on any atom is 0.0406 e. The van der Waals surface area contributed by atoms with Gasteiger partial charge in [-0.1, -0.05) is 32.6 Å². The van der Waals surface area contributed by atoms with Crippen molar-refractivity contribution in [1.82, 2.24) is 4.98 Å². The van der Waals surface area contributed by atoms with E-state index in [4.69, 9.17) is 0 Å². The third-order valence-corrected chi connectivity index (χ3v) is 1.70. The van der Waals surface area contributed by atoms with Gasteiger partial charge in [0.25, 0.3) is 0 Å². The van der Waals surface area contributed by atoms with Crippen molar-refractivity contribution in [3.8, 4) is 0 Å². The molecule has 0 aliphatic heterocycles. The van der Waals surface area contributed by atoms with Crippen LogP contribution in [0.1, 0.15) is 25.1 Å². The van der Waals surface area contributed by atoms with Gasteiger partial charge in [0.05, 0.1) is 0 Å². The van der Waals surface area contributed by atoms with Gasteiger partial charge in [0, 0.05) is 11.9 Å². The molecule has 1 aromatic rings. The lowest BCUT2D eigenvalue weighted by molar-refractivity contribution is 0.635. The number of pyridine rings is 1. The summed E-state index contributed by atoms with van der Waals surface area (Å²) >= 11 is 0. The smallest absolute Gasteiger partial charge is 0.0406 e. The summed E-state index contributed by atoms with van der Waals surface area (Å²) < 4.78 is 0. The van der Waals surface area contributed by atoms with Gasteiger partial charge in [0.15, 0.2) is 0 Å². The van der Waals surface area contributed by atoms with Crippen LogP contribution in [0.4, 0.5) is 0 Å². The van der Waals surface area contributed by atoms with E-state index in [9.17, 15) is 0 Å². The Hall–Kier alpha value is -1.11. The molecule has 0 saturated carbocycles. The molecule has 0 unspecified atom stereocenters. The van der Waals surface area contributed by atoms with Crippen LogP contribution in [0, 0.1) is 5.92 Å². The van der Waals surface area contributed by atoms with Crippen molar-refractivity contribution in [2.45, 2.75) is 20.3 Å². The molecule has 0 atom stereocenters. The Kier molecular flexibility index (Phi) is 3.03. The molecule has 0 saturated heterocycles. The van der Waals surface area contributed by atoms with E-state index in [1.54, 1.807) is 0 Å². The minimum Gasteiger partial charge on any atom is -0.261 e. The first-order valence-corrected chi connectivity index (χ1v) is 4.29. The van der Waals surface area contributed by atoms with Crippen LogP contribution >= 0.6 is 0 Å². The highest BCUT2D eigenvalue weighted by molar-refractivity contribution is 5.44. The molecule has 0 amide bonds. The van der Waals surface area contributed by atoms with Gasteiger partial charge in [0.2, 0.25) is 0 Å². The lowest BCUT2D eigenvalue weighted by Crippen LogP contribution is -1.96. The van der Waals surface area contributed by atoms with Gasteiger partial charge < -0.3 is 0 Å². The van der Waals surface area contributed by atoms with E-state index >= 15 is 0 Å². The fourth-order valence-corrected chi connectivity index (χ4v) is 1.10. The van der Waals surface area contributed by atoms with Gasteiger partial charge in [-0.2, -0.15) is 0 Å². The minimum atomic E-state index is 0.673. The molecule has 64 valence electrons. The van der Waals surface area contributed by atoms with Gasteiger partial charge in [0.1, 0.15) is 0 Å². The zero-order valence-electron chi connectivity index (χ0n) is 7.75. The van der Waals surface area contributed by atoms with Crippen LogP contribution < -0.4 is 0 Å². The average molecular weight is 161 g/mol. The summed E-state index contributed by atoms with van der Waals surface area (Å²) in [5.41, 5.74) is 2.25. The fourth-order valence-electron chi connectivity index (χ4n) is 1.10. The van der Waals surface area contributed by atoms with Crippen molar-refractivity contribution >= 4 is 6.08 Å². The van der Waals surface area contributed by atoms with E-state index in [0.717, 1.165) is 17.7 Å². The first kappa shape index (κ1) is 8.98. The molecule has 0 spiro atoms. The molecule has 0 aliphatic rings. The summed E-state index contributed by atoms with van der Waals surface area (Å²) in [5, 5.41) is 0. The van der Waals surface area contributed by atoms with E-state index in [2.05, 4.69) is 37.5 Å². The van der Waals surface area contributed by atoms with E-state index in [-0.39, 0.29) is 0 Å². The molecule has 0 radical (unpaired) electrons. The number of aromatic nitrogens is 1. The Morgan fingerprint density at radius 3 is 2.67 bits per heavy atom. The van der Waals surface area contributed by atoms with Crippen LogP contribution in [0.15, 0.2) is 24.9 Å². The Morgan fingerprint density at radius 1 is 1.50 bits per heavy atom. The molecular formula is C11H15N. The molecule has 1 heteroatoms. The monoisotopic (exact) mass is 161 g/mol. The number of rotatable bonds is 3. The predicted octanol–water partition coefficient (Wildman–Crippen LogP) is 2.92. The summed E-state index contributed by atoms with van der Waals surface area (Å²) in [4.78, 5) is 4.32. The zero-order valence-corrected chi connectivity index (χ0v) is 7.75. The second-order valence-corrected chi connectivity index (χ2v) is 3.38. The van der Waals surface area contributed by atoms with Gasteiger partial charge in [-0.15, -0.1) is 0 Å². The molecule has 0 N–H and O–H groups in total. The minimum absolute atomic E-state index is 0.673. The number of hydrogen-bond donors (Lipinski definition) is 0. The standard InChI is InChI=1S/C11H15N/c1-4-10-5-6-11(12-8-10)7-9(2)3/h4-6,8-9H,1,7H2,2-3H3. The highest BCUT2D eigenvalue weighted by Gasteiger charge is 1.97. The summed E-state index contributed by atoms with van der Waals surface area (Å²) in [6, 6.07) is 4.12. The molecular weight excluding hydrogens is 146 g/mol. The van der Waals surface area contributed by atoms with E-state index in [1.807, 2.05) is 12.3 Å². The quantitative estimate of drug-likeness (QED) is 0.664. The van der Waals surface area contributed by atoms with Gasteiger partial charge in [-0.3, -0.25) is 4.98 Å². The van der Waals surface area contributed by atoms with Crippen LogP contribution in [0.5, 0.6) is 0 Å². The molecule has 0 aromatic carbocycles. The van der Waals surface area contributed by atoms with Crippen LogP contribution in [-0.2, 0) is 6.42 Å². The highest BCUT2D eigenvalue weighted by atomic mass is 14.7. The third-order valence-electron chi connectivity index (χ3n) is 1.70.